The predicted octanol–water partition coefficient (Wildman–Crippen LogP) is 3.45. The molecule has 0 aliphatic heterocycles. The lowest BCUT2D eigenvalue weighted by Gasteiger charge is -2.04. The van der Waals surface area contributed by atoms with E-state index in [-0.39, 0.29) is 0 Å². The number of anilines is 1. The number of hydrogen-bond acceptors (Lipinski definition) is 2. The number of nitrogen functional groups attached to an aromatic ring is 1. The Morgan fingerprint density at radius 2 is 2.06 bits per heavy atom. The lowest BCUT2D eigenvalue weighted by Crippen LogP contribution is -2.02. The van der Waals surface area contributed by atoms with Crippen molar-refractivity contribution in [1.82, 2.24) is 9.55 Å². The zero-order chi connectivity index (χ0) is 12.6. The second-order valence-electron chi connectivity index (χ2n) is 4.43. The maximum Gasteiger partial charge on any atom is 0.131 e. The van der Waals surface area contributed by atoms with E-state index in [0.717, 1.165) is 17.1 Å². The van der Waals surface area contributed by atoms with Crippen LogP contribution in [0, 0.1) is 0 Å². The SMILES string of the molecule is CC(C)c1nc(-c2cccc(Cl)c2)c(N)n1C. The number of imidazole rings is 1. The molecular formula is C13H16ClN3. The Labute approximate surface area is 106 Å². The fraction of sp³-hybridized carbons (Fsp3) is 0.308. The minimum Gasteiger partial charge on any atom is -0.383 e. The molecule has 1 aromatic heterocycles. The molecular weight excluding hydrogens is 234 g/mol. The van der Waals surface area contributed by atoms with Crippen LogP contribution in [0.3, 0.4) is 0 Å². The van der Waals surface area contributed by atoms with Crippen molar-refractivity contribution in [1.29, 1.82) is 0 Å². The Morgan fingerprint density at radius 3 is 2.59 bits per heavy atom. The highest BCUT2D eigenvalue weighted by atomic mass is 35.5. The molecule has 3 nitrogen and oxygen atoms in total. The maximum atomic E-state index is 6.08. The normalized spacial score (nSPS) is 11.1. The van der Waals surface area contributed by atoms with Gasteiger partial charge in [0.15, 0.2) is 0 Å². The van der Waals surface area contributed by atoms with Crippen LogP contribution in [-0.2, 0) is 7.05 Å². The lowest BCUT2D eigenvalue weighted by molar-refractivity contribution is 0.715. The van der Waals surface area contributed by atoms with Gasteiger partial charge in [-0.2, -0.15) is 0 Å². The molecule has 0 fully saturated rings. The van der Waals surface area contributed by atoms with Gasteiger partial charge in [-0.15, -0.1) is 0 Å². The predicted molar refractivity (Wildman–Crippen MR) is 72.2 cm³/mol. The van der Waals surface area contributed by atoms with E-state index in [4.69, 9.17) is 17.3 Å². The molecule has 0 saturated heterocycles. The van der Waals surface area contributed by atoms with E-state index in [1.807, 2.05) is 35.9 Å². The molecule has 2 aromatic rings. The van der Waals surface area contributed by atoms with E-state index in [1.165, 1.54) is 0 Å². The van der Waals surface area contributed by atoms with Crippen molar-refractivity contribution in [3.63, 3.8) is 0 Å². The van der Waals surface area contributed by atoms with E-state index in [2.05, 4.69) is 18.8 Å². The molecule has 0 saturated carbocycles. The van der Waals surface area contributed by atoms with Gasteiger partial charge in [0, 0.05) is 23.6 Å². The quantitative estimate of drug-likeness (QED) is 0.886. The topological polar surface area (TPSA) is 43.8 Å². The minimum atomic E-state index is 0.343. The number of halogens is 1. The average Bonchev–Trinajstić information content (AvgIpc) is 2.56. The van der Waals surface area contributed by atoms with Crippen LogP contribution in [0.15, 0.2) is 24.3 Å². The zero-order valence-corrected chi connectivity index (χ0v) is 11.0. The first-order chi connectivity index (χ1) is 8.00. The average molecular weight is 250 g/mol. The van der Waals surface area contributed by atoms with E-state index >= 15 is 0 Å². The van der Waals surface area contributed by atoms with Crippen molar-refractivity contribution < 1.29 is 0 Å². The van der Waals surface area contributed by atoms with Gasteiger partial charge in [0.2, 0.25) is 0 Å². The summed E-state index contributed by atoms with van der Waals surface area (Å²) < 4.78 is 1.93. The molecule has 0 bridgehead atoms. The van der Waals surface area contributed by atoms with Gasteiger partial charge in [0.1, 0.15) is 17.3 Å². The first kappa shape index (κ1) is 12.0. The molecule has 0 aliphatic carbocycles. The molecule has 17 heavy (non-hydrogen) atoms. The summed E-state index contributed by atoms with van der Waals surface area (Å²) in [4.78, 5) is 4.60. The van der Waals surface area contributed by atoms with Gasteiger partial charge in [-0.25, -0.2) is 4.98 Å². The van der Waals surface area contributed by atoms with Gasteiger partial charge in [0.05, 0.1) is 0 Å². The number of nitrogens with two attached hydrogens (primary N) is 1. The summed E-state index contributed by atoms with van der Waals surface area (Å²) in [7, 11) is 1.94. The highest BCUT2D eigenvalue weighted by Gasteiger charge is 2.15. The Bertz CT molecular complexity index is 544. The molecule has 0 aliphatic rings. The smallest absolute Gasteiger partial charge is 0.131 e. The Balaban J connectivity index is 2.57. The molecule has 1 aromatic carbocycles. The van der Waals surface area contributed by atoms with Gasteiger partial charge in [0.25, 0.3) is 0 Å². The molecule has 1 heterocycles. The highest BCUT2D eigenvalue weighted by Crippen LogP contribution is 2.29. The summed E-state index contributed by atoms with van der Waals surface area (Å²) >= 11 is 5.98. The van der Waals surface area contributed by atoms with Crippen LogP contribution >= 0.6 is 11.6 Å². The van der Waals surface area contributed by atoms with Gasteiger partial charge < -0.3 is 10.3 Å². The summed E-state index contributed by atoms with van der Waals surface area (Å²) in [5, 5.41) is 0.693. The van der Waals surface area contributed by atoms with E-state index in [9.17, 15) is 0 Å². The van der Waals surface area contributed by atoms with Gasteiger partial charge >= 0.3 is 0 Å². The van der Waals surface area contributed by atoms with Gasteiger partial charge in [-0.1, -0.05) is 37.6 Å². The molecule has 0 radical (unpaired) electrons. The first-order valence-electron chi connectivity index (χ1n) is 5.58. The van der Waals surface area contributed by atoms with Crippen LogP contribution in [0.5, 0.6) is 0 Å². The fourth-order valence-corrected chi connectivity index (χ4v) is 2.08. The van der Waals surface area contributed by atoms with Crippen LogP contribution in [0.2, 0.25) is 5.02 Å². The molecule has 0 amide bonds. The van der Waals surface area contributed by atoms with Crippen LogP contribution in [0.4, 0.5) is 5.82 Å². The Morgan fingerprint density at radius 1 is 1.35 bits per heavy atom. The highest BCUT2D eigenvalue weighted by molar-refractivity contribution is 6.30. The van der Waals surface area contributed by atoms with Crippen molar-refractivity contribution in [2.45, 2.75) is 19.8 Å². The van der Waals surface area contributed by atoms with Crippen molar-refractivity contribution in [2.24, 2.45) is 7.05 Å². The summed E-state index contributed by atoms with van der Waals surface area (Å²) in [5.41, 5.74) is 7.84. The second kappa shape index (κ2) is 4.41. The molecule has 4 heteroatoms. The van der Waals surface area contributed by atoms with Crippen LogP contribution in [0.1, 0.15) is 25.6 Å². The zero-order valence-electron chi connectivity index (χ0n) is 10.2. The standard InChI is InChI=1S/C13H16ClN3/c1-8(2)13-16-11(12(15)17(13)3)9-5-4-6-10(14)7-9/h4-8H,15H2,1-3H3. The van der Waals surface area contributed by atoms with Crippen LogP contribution < -0.4 is 5.73 Å². The molecule has 0 spiro atoms. The molecule has 0 unspecified atom stereocenters. The fourth-order valence-electron chi connectivity index (χ4n) is 1.89. The van der Waals surface area contributed by atoms with Crippen LogP contribution in [0.25, 0.3) is 11.3 Å². The molecule has 2 rings (SSSR count). The number of benzene rings is 1. The third-order valence-corrected chi connectivity index (χ3v) is 3.02. The molecule has 0 atom stereocenters. The summed E-state index contributed by atoms with van der Waals surface area (Å²) in [6.45, 7) is 4.20. The van der Waals surface area contributed by atoms with Crippen LogP contribution in [-0.4, -0.2) is 9.55 Å². The summed E-state index contributed by atoms with van der Waals surface area (Å²) in [6, 6.07) is 7.59. The number of nitrogens with zero attached hydrogens (tertiary/aromatic N) is 2. The van der Waals surface area contributed by atoms with Gasteiger partial charge in [-0.05, 0) is 12.1 Å². The van der Waals surface area contributed by atoms with Gasteiger partial charge in [-0.3, -0.25) is 0 Å². The maximum absolute atomic E-state index is 6.08. The minimum absolute atomic E-state index is 0.343. The van der Waals surface area contributed by atoms with Crippen molar-refractivity contribution >= 4 is 17.4 Å². The Kier molecular flexibility index (Phi) is 3.11. The first-order valence-corrected chi connectivity index (χ1v) is 5.96. The third-order valence-electron chi connectivity index (χ3n) is 2.79. The Hall–Kier alpha value is -1.48. The van der Waals surface area contributed by atoms with Crippen molar-refractivity contribution in [3.05, 3.63) is 35.1 Å². The largest absolute Gasteiger partial charge is 0.383 e. The number of hydrogen-bond donors (Lipinski definition) is 1. The third kappa shape index (κ3) is 2.15. The van der Waals surface area contributed by atoms with Crippen molar-refractivity contribution in [2.75, 3.05) is 5.73 Å². The number of aromatic nitrogens is 2. The van der Waals surface area contributed by atoms with E-state index < -0.39 is 0 Å². The van der Waals surface area contributed by atoms with E-state index in [1.54, 1.807) is 0 Å². The molecule has 2 N–H and O–H groups in total. The molecule has 90 valence electrons. The van der Waals surface area contributed by atoms with Crippen molar-refractivity contribution in [3.8, 4) is 11.3 Å². The summed E-state index contributed by atoms with van der Waals surface area (Å²) in [6.07, 6.45) is 0. The monoisotopic (exact) mass is 249 g/mol. The second-order valence-corrected chi connectivity index (χ2v) is 4.86. The van der Waals surface area contributed by atoms with E-state index in [0.29, 0.717) is 16.8 Å². The summed E-state index contributed by atoms with van der Waals surface area (Å²) in [5.74, 6) is 2.00. The lowest BCUT2D eigenvalue weighted by atomic mass is 10.1. The number of rotatable bonds is 2.